The van der Waals surface area contributed by atoms with E-state index >= 15 is 0 Å². The molecule has 15 heavy (non-hydrogen) atoms. The molecule has 88 valence electrons. The Bertz CT molecular complexity index is 202. The zero-order valence-electron chi connectivity index (χ0n) is 11.0. The lowest BCUT2D eigenvalue weighted by atomic mass is 9.57. The van der Waals surface area contributed by atoms with Crippen LogP contribution in [0.3, 0.4) is 0 Å². The molecule has 0 aromatic rings. The van der Waals surface area contributed by atoms with E-state index in [9.17, 15) is 0 Å². The zero-order valence-corrected chi connectivity index (χ0v) is 11.0. The van der Waals surface area contributed by atoms with E-state index in [1.54, 1.807) is 0 Å². The average Bonchev–Trinajstić information content (AvgIpc) is 2.17. The van der Waals surface area contributed by atoms with Gasteiger partial charge in [-0.25, -0.2) is 0 Å². The minimum atomic E-state index is 0.912. The van der Waals surface area contributed by atoms with E-state index in [0.717, 1.165) is 35.5 Å². The van der Waals surface area contributed by atoms with Crippen molar-refractivity contribution in [1.82, 2.24) is 0 Å². The van der Waals surface area contributed by atoms with Crippen LogP contribution in [0, 0.1) is 35.5 Å². The van der Waals surface area contributed by atoms with Gasteiger partial charge in [-0.2, -0.15) is 0 Å². The summed E-state index contributed by atoms with van der Waals surface area (Å²) in [7, 11) is 0. The average molecular weight is 208 g/mol. The summed E-state index contributed by atoms with van der Waals surface area (Å²) in [5.41, 5.74) is 0. The molecular formula is C15H28. The molecule has 0 aromatic heterocycles. The predicted molar refractivity (Wildman–Crippen MR) is 66.7 cm³/mol. The molecule has 0 bridgehead atoms. The summed E-state index contributed by atoms with van der Waals surface area (Å²) < 4.78 is 0. The molecular weight excluding hydrogens is 180 g/mol. The number of hydrogen-bond donors (Lipinski definition) is 0. The topological polar surface area (TPSA) is 0 Å². The third-order valence-electron chi connectivity index (χ3n) is 5.31. The lowest BCUT2D eigenvalue weighted by Gasteiger charge is -2.48. The van der Waals surface area contributed by atoms with Gasteiger partial charge in [0.25, 0.3) is 0 Å². The SMILES string of the molecule is CC(C)[C@@H]1CC[C@H](C)[C@@H]2CC[C@@H](C)C[C@@H]21. The van der Waals surface area contributed by atoms with Crippen LogP contribution in [0.25, 0.3) is 0 Å². The van der Waals surface area contributed by atoms with Crippen LogP contribution in [0.4, 0.5) is 0 Å². The third kappa shape index (κ3) is 2.24. The maximum Gasteiger partial charge on any atom is -0.0350 e. The van der Waals surface area contributed by atoms with Crippen molar-refractivity contribution in [3.05, 3.63) is 0 Å². The van der Waals surface area contributed by atoms with Gasteiger partial charge in [-0.15, -0.1) is 0 Å². The summed E-state index contributed by atoms with van der Waals surface area (Å²) in [6.07, 6.45) is 7.55. The summed E-state index contributed by atoms with van der Waals surface area (Å²) in [5, 5.41) is 0. The molecule has 0 saturated heterocycles. The first-order chi connectivity index (χ1) is 7.09. The maximum absolute atomic E-state index is 2.50. The molecule has 5 atom stereocenters. The highest BCUT2D eigenvalue weighted by Gasteiger charge is 2.41. The smallest absolute Gasteiger partial charge is 0.0350 e. The van der Waals surface area contributed by atoms with E-state index in [-0.39, 0.29) is 0 Å². The molecule has 0 spiro atoms. The van der Waals surface area contributed by atoms with E-state index in [4.69, 9.17) is 0 Å². The van der Waals surface area contributed by atoms with Crippen LogP contribution in [0.15, 0.2) is 0 Å². The van der Waals surface area contributed by atoms with Crippen LogP contribution in [-0.4, -0.2) is 0 Å². The summed E-state index contributed by atoms with van der Waals surface area (Å²) in [6.45, 7) is 9.85. The lowest BCUT2D eigenvalue weighted by molar-refractivity contribution is 0.0182. The van der Waals surface area contributed by atoms with Crippen molar-refractivity contribution in [1.29, 1.82) is 0 Å². The van der Waals surface area contributed by atoms with Gasteiger partial charge in [0.05, 0.1) is 0 Å². The summed E-state index contributed by atoms with van der Waals surface area (Å²) >= 11 is 0. The second-order valence-corrected chi connectivity index (χ2v) is 6.71. The second-order valence-electron chi connectivity index (χ2n) is 6.71. The van der Waals surface area contributed by atoms with Crippen LogP contribution in [0.1, 0.15) is 59.8 Å². The molecule has 0 heteroatoms. The highest BCUT2D eigenvalue weighted by atomic mass is 14.5. The van der Waals surface area contributed by atoms with Crippen molar-refractivity contribution in [2.75, 3.05) is 0 Å². The Balaban J connectivity index is 2.10. The van der Waals surface area contributed by atoms with Gasteiger partial charge in [-0.1, -0.05) is 40.5 Å². The molecule has 2 saturated carbocycles. The monoisotopic (exact) mass is 208 g/mol. The van der Waals surface area contributed by atoms with Crippen molar-refractivity contribution < 1.29 is 0 Å². The Morgan fingerprint density at radius 2 is 1.60 bits per heavy atom. The first-order valence-corrected chi connectivity index (χ1v) is 7.09. The minimum Gasteiger partial charge on any atom is -0.0625 e. The van der Waals surface area contributed by atoms with Crippen molar-refractivity contribution in [3.8, 4) is 0 Å². The number of rotatable bonds is 1. The third-order valence-corrected chi connectivity index (χ3v) is 5.31. The molecule has 0 aromatic carbocycles. The molecule has 0 nitrogen and oxygen atoms in total. The molecule has 2 rings (SSSR count). The fraction of sp³-hybridized carbons (Fsp3) is 1.00. The molecule has 2 aliphatic rings. The Kier molecular flexibility index (Phi) is 3.42. The Labute approximate surface area is 95.8 Å². The fourth-order valence-electron chi connectivity index (χ4n) is 4.36. The molecule has 2 aliphatic carbocycles. The van der Waals surface area contributed by atoms with Crippen LogP contribution in [-0.2, 0) is 0 Å². The Morgan fingerprint density at radius 1 is 0.867 bits per heavy atom. The molecule has 0 unspecified atom stereocenters. The summed E-state index contributed by atoms with van der Waals surface area (Å²) in [5.74, 6) is 6.10. The Hall–Kier alpha value is 0. The molecule has 0 heterocycles. The van der Waals surface area contributed by atoms with Crippen LogP contribution >= 0.6 is 0 Å². The predicted octanol–water partition coefficient (Wildman–Crippen LogP) is 4.74. The fourth-order valence-corrected chi connectivity index (χ4v) is 4.36. The number of hydrogen-bond acceptors (Lipinski definition) is 0. The summed E-state index contributed by atoms with van der Waals surface area (Å²) in [4.78, 5) is 0. The largest absolute Gasteiger partial charge is 0.0625 e. The van der Waals surface area contributed by atoms with Gasteiger partial charge in [0, 0.05) is 0 Å². The highest BCUT2D eigenvalue weighted by Crippen LogP contribution is 2.50. The van der Waals surface area contributed by atoms with E-state index in [1.165, 1.54) is 32.1 Å². The van der Waals surface area contributed by atoms with Crippen molar-refractivity contribution in [3.63, 3.8) is 0 Å². The van der Waals surface area contributed by atoms with Gasteiger partial charge >= 0.3 is 0 Å². The van der Waals surface area contributed by atoms with Crippen molar-refractivity contribution in [2.24, 2.45) is 35.5 Å². The molecule has 2 fully saturated rings. The van der Waals surface area contributed by atoms with Crippen LogP contribution < -0.4 is 0 Å². The van der Waals surface area contributed by atoms with E-state index in [0.29, 0.717) is 0 Å². The standard InChI is InChI=1S/C15H28/c1-10(2)13-8-6-12(4)14-7-5-11(3)9-15(13)14/h10-15H,5-9H2,1-4H3/t11-,12+,13+,14+,15-/m1/s1. The van der Waals surface area contributed by atoms with E-state index < -0.39 is 0 Å². The van der Waals surface area contributed by atoms with Gasteiger partial charge in [0.1, 0.15) is 0 Å². The first kappa shape index (κ1) is 11.5. The van der Waals surface area contributed by atoms with Crippen molar-refractivity contribution in [2.45, 2.75) is 59.8 Å². The van der Waals surface area contributed by atoms with Gasteiger partial charge in [-0.3, -0.25) is 0 Å². The zero-order chi connectivity index (χ0) is 11.0. The molecule has 0 N–H and O–H groups in total. The quantitative estimate of drug-likeness (QED) is 0.584. The summed E-state index contributed by atoms with van der Waals surface area (Å²) in [6, 6.07) is 0. The van der Waals surface area contributed by atoms with Crippen LogP contribution in [0.5, 0.6) is 0 Å². The van der Waals surface area contributed by atoms with Crippen LogP contribution in [0.2, 0.25) is 0 Å². The number of fused-ring (bicyclic) bond motifs is 1. The normalized spacial score (nSPS) is 46.6. The first-order valence-electron chi connectivity index (χ1n) is 7.09. The second kappa shape index (κ2) is 4.47. The van der Waals surface area contributed by atoms with Crippen molar-refractivity contribution >= 4 is 0 Å². The van der Waals surface area contributed by atoms with E-state index in [1.807, 2.05) is 0 Å². The maximum atomic E-state index is 2.50. The minimum absolute atomic E-state index is 0.912. The lowest BCUT2D eigenvalue weighted by Crippen LogP contribution is -2.39. The molecule has 0 radical (unpaired) electrons. The van der Waals surface area contributed by atoms with Gasteiger partial charge in [0.15, 0.2) is 0 Å². The van der Waals surface area contributed by atoms with Gasteiger partial charge in [0.2, 0.25) is 0 Å². The Morgan fingerprint density at radius 3 is 2.27 bits per heavy atom. The highest BCUT2D eigenvalue weighted by molar-refractivity contribution is 4.90. The molecule has 0 aliphatic heterocycles. The van der Waals surface area contributed by atoms with E-state index in [2.05, 4.69) is 27.7 Å². The van der Waals surface area contributed by atoms with Gasteiger partial charge in [-0.05, 0) is 54.8 Å². The molecule has 0 amide bonds. The van der Waals surface area contributed by atoms with Gasteiger partial charge < -0.3 is 0 Å².